The first-order chi connectivity index (χ1) is 7.64. The van der Waals surface area contributed by atoms with Crippen LogP contribution in [0.1, 0.15) is 18.3 Å². The zero-order chi connectivity index (χ0) is 13.4. The van der Waals surface area contributed by atoms with Crippen LogP contribution in [-0.4, -0.2) is 20.9 Å². The molecule has 8 heteroatoms. The number of aliphatic carboxylic acids is 1. The van der Waals surface area contributed by atoms with Crippen LogP contribution in [0.3, 0.4) is 0 Å². The molecule has 1 N–H and O–H groups in total. The van der Waals surface area contributed by atoms with Gasteiger partial charge in [-0.3, -0.25) is 9.48 Å². The largest absolute Gasteiger partial charge is 0.481 e. The fourth-order valence-electron chi connectivity index (χ4n) is 1.22. The molecule has 1 heterocycles. The van der Waals surface area contributed by atoms with Gasteiger partial charge in [0.15, 0.2) is 5.69 Å². The van der Waals surface area contributed by atoms with Crippen LogP contribution in [-0.2, 0) is 17.5 Å². The van der Waals surface area contributed by atoms with Gasteiger partial charge in [-0.25, -0.2) is 0 Å². The summed E-state index contributed by atoms with van der Waals surface area (Å²) < 4.78 is 38.3. The van der Waals surface area contributed by atoms with Gasteiger partial charge >= 0.3 is 12.1 Å². The molecule has 1 aromatic heterocycles. The standard InChI is InChI=1S/C9H10ClF3N2O2/c1-4(8(16)17)3-15-5(2)6(10)7(14-15)9(11,12)13/h4H,3H2,1-2H3,(H,16,17)/t4-/m1/s1. The van der Waals surface area contributed by atoms with Crippen LogP contribution in [0.25, 0.3) is 0 Å². The number of carboxylic acids is 1. The zero-order valence-corrected chi connectivity index (χ0v) is 9.80. The Morgan fingerprint density at radius 2 is 2.12 bits per heavy atom. The van der Waals surface area contributed by atoms with Crippen molar-refractivity contribution in [3.05, 3.63) is 16.4 Å². The normalized spacial score (nSPS) is 13.8. The number of alkyl halides is 3. The second kappa shape index (κ2) is 4.56. The molecule has 0 radical (unpaired) electrons. The van der Waals surface area contributed by atoms with Crippen LogP contribution in [0.5, 0.6) is 0 Å². The highest BCUT2D eigenvalue weighted by atomic mass is 35.5. The highest BCUT2D eigenvalue weighted by Gasteiger charge is 2.38. The van der Waals surface area contributed by atoms with E-state index in [1.54, 1.807) is 0 Å². The highest BCUT2D eigenvalue weighted by Crippen LogP contribution is 2.35. The maximum atomic E-state index is 12.5. The molecular weight excluding hydrogens is 261 g/mol. The molecule has 0 bridgehead atoms. The van der Waals surface area contributed by atoms with Crippen molar-refractivity contribution in [2.75, 3.05) is 0 Å². The first-order valence-electron chi connectivity index (χ1n) is 4.67. The first-order valence-corrected chi connectivity index (χ1v) is 5.05. The number of rotatable bonds is 3. The maximum Gasteiger partial charge on any atom is 0.436 e. The molecule has 0 fully saturated rings. The van der Waals surface area contributed by atoms with Crippen molar-refractivity contribution in [1.82, 2.24) is 9.78 Å². The molecule has 0 aliphatic heterocycles. The molecule has 0 spiro atoms. The number of aromatic nitrogens is 2. The lowest BCUT2D eigenvalue weighted by atomic mass is 10.2. The molecule has 1 atom stereocenters. The summed E-state index contributed by atoms with van der Waals surface area (Å²) in [6.45, 7) is 2.58. The number of hydrogen-bond donors (Lipinski definition) is 1. The van der Waals surface area contributed by atoms with Crippen molar-refractivity contribution in [3.8, 4) is 0 Å². The molecule has 0 aromatic carbocycles. The van der Waals surface area contributed by atoms with Gasteiger partial charge in [0.25, 0.3) is 0 Å². The van der Waals surface area contributed by atoms with Crippen LogP contribution in [0.2, 0.25) is 5.02 Å². The first kappa shape index (κ1) is 13.8. The van der Waals surface area contributed by atoms with Gasteiger partial charge in [-0.05, 0) is 6.92 Å². The molecule has 0 unspecified atom stereocenters. The van der Waals surface area contributed by atoms with Gasteiger partial charge in [-0.1, -0.05) is 18.5 Å². The fraction of sp³-hybridized carbons (Fsp3) is 0.556. The molecule has 17 heavy (non-hydrogen) atoms. The molecule has 4 nitrogen and oxygen atoms in total. The smallest absolute Gasteiger partial charge is 0.436 e. The van der Waals surface area contributed by atoms with E-state index in [9.17, 15) is 18.0 Å². The summed E-state index contributed by atoms with van der Waals surface area (Å²) in [7, 11) is 0. The van der Waals surface area contributed by atoms with E-state index in [4.69, 9.17) is 16.7 Å². The van der Waals surface area contributed by atoms with E-state index in [1.807, 2.05) is 0 Å². The lowest BCUT2D eigenvalue weighted by Crippen LogP contribution is -2.19. The third-order valence-corrected chi connectivity index (χ3v) is 2.72. The summed E-state index contributed by atoms with van der Waals surface area (Å²) in [5.41, 5.74) is -1.08. The van der Waals surface area contributed by atoms with Gasteiger partial charge in [-0.15, -0.1) is 0 Å². The minimum atomic E-state index is -4.64. The summed E-state index contributed by atoms with van der Waals surface area (Å²) in [6.07, 6.45) is -4.64. The number of halogens is 4. The van der Waals surface area contributed by atoms with Crippen LogP contribution in [0.4, 0.5) is 13.2 Å². The van der Waals surface area contributed by atoms with E-state index in [-0.39, 0.29) is 12.2 Å². The molecule has 96 valence electrons. The van der Waals surface area contributed by atoms with Crippen molar-refractivity contribution in [3.63, 3.8) is 0 Å². The Bertz CT molecular complexity index is 442. The molecule has 0 amide bonds. The third-order valence-electron chi connectivity index (χ3n) is 2.27. The summed E-state index contributed by atoms with van der Waals surface area (Å²) in [4.78, 5) is 10.6. The van der Waals surface area contributed by atoms with Crippen LogP contribution >= 0.6 is 11.6 Å². The second-order valence-corrected chi connectivity index (χ2v) is 4.05. The number of hydrogen-bond acceptors (Lipinski definition) is 2. The van der Waals surface area contributed by atoms with Crippen molar-refractivity contribution in [2.45, 2.75) is 26.6 Å². The van der Waals surface area contributed by atoms with Crippen molar-refractivity contribution in [2.24, 2.45) is 5.92 Å². The van der Waals surface area contributed by atoms with Gasteiger partial charge in [0, 0.05) is 0 Å². The summed E-state index contributed by atoms with van der Waals surface area (Å²) >= 11 is 5.51. The summed E-state index contributed by atoms with van der Waals surface area (Å²) in [5.74, 6) is -1.95. The van der Waals surface area contributed by atoms with Crippen molar-refractivity contribution >= 4 is 17.6 Å². The second-order valence-electron chi connectivity index (χ2n) is 3.67. The Morgan fingerprint density at radius 3 is 2.47 bits per heavy atom. The van der Waals surface area contributed by atoms with E-state index in [1.165, 1.54) is 13.8 Å². The van der Waals surface area contributed by atoms with Crippen molar-refractivity contribution < 1.29 is 23.1 Å². The Kier molecular flexibility index (Phi) is 3.71. The summed E-state index contributed by atoms with van der Waals surface area (Å²) in [5, 5.41) is 11.5. The predicted octanol–water partition coefficient (Wildman–Crippen LogP) is 2.58. The molecule has 0 aliphatic carbocycles. The van der Waals surface area contributed by atoms with Gasteiger partial charge < -0.3 is 5.11 Å². The van der Waals surface area contributed by atoms with Gasteiger partial charge in [-0.2, -0.15) is 18.3 Å². The lowest BCUT2D eigenvalue weighted by molar-refractivity contribution is -0.141. The van der Waals surface area contributed by atoms with E-state index in [0.717, 1.165) is 4.68 Å². The lowest BCUT2D eigenvalue weighted by Gasteiger charge is -2.07. The average molecular weight is 271 g/mol. The molecule has 0 saturated carbocycles. The molecule has 1 aromatic rings. The summed E-state index contributed by atoms with van der Waals surface area (Å²) in [6, 6.07) is 0. The van der Waals surface area contributed by atoms with E-state index in [0.29, 0.717) is 0 Å². The minimum Gasteiger partial charge on any atom is -0.481 e. The van der Waals surface area contributed by atoms with Gasteiger partial charge in [0.05, 0.1) is 23.2 Å². The van der Waals surface area contributed by atoms with E-state index in [2.05, 4.69) is 5.10 Å². The average Bonchev–Trinajstić information content (AvgIpc) is 2.45. The van der Waals surface area contributed by atoms with Crippen molar-refractivity contribution in [1.29, 1.82) is 0 Å². The van der Waals surface area contributed by atoms with Crippen LogP contribution in [0.15, 0.2) is 0 Å². The third kappa shape index (κ3) is 2.91. The van der Waals surface area contributed by atoms with Crippen LogP contribution in [0, 0.1) is 12.8 Å². The Morgan fingerprint density at radius 1 is 1.59 bits per heavy atom. The van der Waals surface area contributed by atoms with E-state index >= 15 is 0 Å². The fourth-order valence-corrected chi connectivity index (χ4v) is 1.46. The monoisotopic (exact) mass is 270 g/mol. The van der Waals surface area contributed by atoms with Crippen LogP contribution < -0.4 is 0 Å². The zero-order valence-electron chi connectivity index (χ0n) is 9.05. The SMILES string of the molecule is Cc1c(Cl)c(C(F)(F)F)nn1C[C@@H](C)C(=O)O. The molecule has 0 saturated heterocycles. The van der Waals surface area contributed by atoms with Gasteiger partial charge in [0.2, 0.25) is 0 Å². The Balaban J connectivity index is 3.08. The molecule has 0 aliphatic rings. The van der Waals surface area contributed by atoms with E-state index < -0.39 is 28.8 Å². The molecule has 1 rings (SSSR count). The topological polar surface area (TPSA) is 55.1 Å². The number of carbonyl (C=O) groups is 1. The highest BCUT2D eigenvalue weighted by molar-refractivity contribution is 6.31. The number of nitrogens with zero attached hydrogens (tertiary/aromatic N) is 2. The quantitative estimate of drug-likeness (QED) is 0.918. The predicted molar refractivity (Wildman–Crippen MR) is 53.8 cm³/mol. The van der Waals surface area contributed by atoms with Gasteiger partial charge in [0.1, 0.15) is 0 Å². The molecular formula is C9H10ClF3N2O2. The Labute approximate surface area is 100.0 Å². The number of carboxylic acid groups (broad SMARTS) is 1. The minimum absolute atomic E-state index is 0.104. The Hall–Kier alpha value is -1.24. The maximum absolute atomic E-state index is 12.5.